The summed E-state index contributed by atoms with van der Waals surface area (Å²) in [6.45, 7) is 2.21. The zero-order valence-electron chi connectivity index (χ0n) is 7.82. The third-order valence-electron chi connectivity index (χ3n) is 3.05. The van der Waals surface area contributed by atoms with E-state index in [1.165, 1.54) is 43.3 Å². The van der Waals surface area contributed by atoms with E-state index in [9.17, 15) is 0 Å². The first-order chi connectivity index (χ1) is 5.77. The molecule has 0 saturated heterocycles. The lowest BCUT2D eigenvalue weighted by molar-refractivity contribution is 0.762. The number of hydrogen-bond acceptors (Lipinski definition) is 1. The van der Waals surface area contributed by atoms with Gasteiger partial charge >= 0.3 is 0 Å². The Hall–Kier alpha value is -0.590. The number of hydrogen-bond donors (Lipinski definition) is 1. The predicted molar refractivity (Wildman–Crippen MR) is 51.6 cm³/mol. The van der Waals surface area contributed by atoms with Crippen LogP contribution in [0.3, 0.4) is 0 Å². The molecule has 1 saturated carbocycles. The monoisotopic (exact) mass is 163 g/mol. The summed E-state index contributed by atoms with van der Waals surface area (Å²) in [6, 6.07) is 0. The van der Waals surface area contributed by atoms with Gasteiger partial charge in [0.1, 0.15) is 0 Å². The Balaban J connectivity index is 2.10. The minimum absolute atomic E-state index is 0.936. The van der Waals surface area contributed by atoms with E-state index in [1.54, 1.807) is 0 Å². The molecule has 0 radical (unpaired) electrons. The zero-order chi connectivity index (χ0) is 8.55. The second-order valence-electron chi connectivity index (χ2n) is 4.24. The Morgan fingerprint density at radius 3 is 2.67 bits per heavy atom. The van der Waals surface area contributed by atoms with Crippen LogP contribution in [0.4, 0.5) is 0 Å². The molecule has 0 unspecified atom stereocenters. The Morgan fingerprint density at radius 2 is 2.08 bits per heavy atom. The maximum atomic E-state index is 7.84. The van der Waals surface area contributed by atoms with Crippen LogP contribution in [0, 0.1) is 11.3 Å². The molecule has 12 heavy (non-hydrogen) atoms. The van der Waals surface area contributed by atoms with Crippen molar-refractivity contribution in [1.29, 1.82) is 5.41 Å². The SMILES string of the molecule is CC1=C(CC2CC2)C(=N)CCC1. The van der Waals surface area contributed by atoms with E-state index in [2.05, 4.69) is 6.92 Å². The highest BCUT2D eigenvalue weighted by Crippen LogP contribution is 2.38. The number of rotatable bonds is 2. The molecule has 1 N–H and O–H groups in total. The van der Waals surface area contributed by atoms with Gasteiger partial charge < -0.3 is 5.41 Å². The van der Waals surface area contributed by atoms with E-state index in [-0.39, 0.29) is 0 Å². The molecule has 0 aromatic rings. The van der Waals surface area contributed by atoms with Gasteiger partial charge in [0, 0.05) is 5.71 Å². The Labute approximate surface area is 74.4 Å². The van der Waals surface area contributed by atoms with Gasteiger partial charge in [-0.2, -0.15) is 0 Å². The third kappa shape index (κ3) is 1.60. The molecule has 0 heterocycles. The predicted octanol–water partition coefficient (Wildman–Crippen LogP) is 3.31. The molecule has 2 aliphatic rings. The molecule has 1 heteroatoms. The molecule has 0 atom stereocenters. The van der Waals surface area contributed by atoms with Crippen LogP contribution in [0.2, 0.25) is 0 Å². The van der Waals surface area contributed by atoms with E-state index >= 15 is 0 Å². The summed E-state index contributed by atoms with van der Waals surface area (Å²) >= 11 is 0. The van der Waals surface area contributed by atoms with Crippen molar-refractivity contribution in [2.45, 2.75) is 45.4 Å². The summed E-state index contributed by atoms with van der Waals surface area (Å²) in [5.74, 6) is 0.938. The highest BCUT2D eigenvalue weighted by atomic mass is 14.5. The smallest absolute Gasteiger partial charge is 0.0345 e. The Bertz CT molecular complexity index is 233. The first-order valence-electron chi connectivity index (χ1n) is 5.04. The van der Waals surface area contributed by atoms with Crippen LogP contribution < -0.4 is 0 Å². The number of nitrogens with one attached hydrogen (secondary N) is 1. The van der Waals surface area contributed by atoms with Crippen LogP contribution >= 0.6 is 0 Å². The van der Waals surface area contributed by atoms with E-state index in [4.69, 9.17) is 5.41 Å². The van der Waals surface area contributed by atoms with Crippen molar-refractivity contribution < 1.29 is 0 Å². The molecule has 0 spiro atoms. The fraction of sp³-hybridized carbons (Fsp3) is 0.727. The van der Waals surface area contributed by atoms with Crippen LogP contribution in [-0.4, -0.2) is 5.71 Å². The minimum atomic E-state index is 0.936. The lowest BCUT2D eigenvalue weighted by Crippen LogP contribution is -2.10. The summed E-state index contributed by atoms with van der Waals surface area (Å²) < 4.78 is 0. The first-order valence-corrected chi connectivity index (χ1v) is 5.04. The Morgan fingerprint density at radius 1 is 1.33 bits per heavy atom. The lowest BCUT2D eigenvalue weighted by Gasteiger charge is -2.18. The topological polar surface area (TPSA) is 23.9 Å². The van der Waals surface area contributed by atoms with Crippen molar-refractivity contribution in [3.05, 3.63) is 11.1 Å². The van der Waals surface area contributed by atoms with E-state index < -0.39 is 0 Å². The van der Waals surface area contributed by atoms with Crippen LogP contribution in [-0.2, 0) is 0 Å². The normalized spacial score (nSPS) is 24.9. The molecule has 66 valence electrons. The van der Waals surface area contributed by atoms with Gasteiger partial charge in [-0.3, -0.25) is 0 Å². The van der Waals surface area contributed by atoms with Gasteiger partial charge in [0.15, 0.2) is 0 Å². The van der Waals surface area contributed by atoms with Gasteiger partial charge in [-0.15, -0.1) is 0 Å². The number of allylic oxidation sites excluding steroid dienone is 2. The second-order valence-corrected chi connectivity index (χ2v) is 4.24. The maximum absolute atomic E-state index is 7.84. The van der Waals surface area contributed by atoms with Crippen LogP contribution in [0.1, 0.15) is 45.4 Å². The van der Waals surface area contributed by atoms with Crippen molar-refractivity contribution in [2.24, 2.45) is 5.92 Å². The first kappa shape index (κ1) is 8.03. The molecule has 0 aromatic carbocycles. The van der Waals surface area contributed by atoms with Gasteiger partial charge in [-0.05, 0) is 56.9 Å². The molecular weight excluding hydrogens is 146 g/mol. The van der Waals surface area contributed by atoms with Gasteiger partial charge in [-0.1, -0.05) is 5.57 Å². The fourth-order valence-corrected chi connectivity index (χ4v) is 2.00. The van der Waals surface area contributed by atoms with Gasteiger partial charge in [0.05, 0.1) is 0 Å². The summed E-state index contributed by atoms with van der Waals surface area (Å²) in [5, 5.41) is 7.84. The van der Waals surface area contributed by atoms with Gasteiger partial charge in [0.25, 0.3) is 0 Å². The summed E-state index contributed by atoms with van der Waals surface area (Å²) in [5.41, 5.74) is 3.84. The fourth-order valence-electron chi connectivity index (χ4n) is 2.00. The van der Waals surface area contributed by atoms with Crippen LogP contribution in [0.5, 0.6) is 0 Å². The quantitative estimate of drug-likeness (QED) is 0.645. The Kier molecular flexibility index (Phi) is 2.03. The van der Waals surface area contributed by atoms with Gasteiger partial charge in [-0.25, -0.2) is 0 Å². The third-order valence-corrected chi connectivity index (χ3v) is 3.05. The van der Waals surface area contributed by atoms with Crippen LogP contribution in [0.15, 0.2) is 11.1 Å². The lowest BCUT2D eigenvalue weighted by atomic mass is 9.88. The van der Waals surface area contributed by atoms with Crippen molar-refractivity contribution in [3.63, 3.8) is 0 Å². The second kappa shape index (κ2) is 3.04. The van der Waals surface area contributed by atoms with E-state index in [1.807, 2.05) is 0 Å². The van der Waals surface area contributed by atoms with Crippen molar-refractivity contribution in [2.75, 3.05) is 0 Å². The minimum Gasteiger partial charge on any atom is -0.305 e. The molecule has 1 nitrogen and oxygen atoms in total. The molecular formula is C11H17N. The highest BCUT2D eigenvalue weighted by molar-refractivity contribution is 5.99. The summed E-state index contributed by atoms with van der Waals surface area (Å²) in [4.78, 5) is 0. The van der Waals surface area contributed by atoms with Crippen molar-refractivity contribution in [1.82, 2.24) is 0 Å². The molecule has 0 aliphatic heterocycles. The molecule has 1 fully saturated rings. The average molecular weight is 163 g/mol. The molecule has 2 rings (SSSR count). The summed E-state index contributed by atoms with van der Waals surface area (Å²) in [6.07, 6.45) is 7.50. The largest absolute Gasteiger partial charge is 0.305 e. The summed E-state index contributed by atoms with van der Waals surface area (Å²) in [7, 11) is 0. The van der Waals surface area contributed by atoms with E-state index in [0.717, 1.165) is 18.1 Å². The maximum Gasteiger partial charge on any atom is 0.0345 e. The van der Waals surface area contributed by atoms with Gasteiger partial charge in [0.2, 0.25) is 0 Å². The van der Waals surface area contributed by atoms with Crippen LogP contribution in [0.25, 0.3) is 0 Å². The van der Waals surface area contributed by atoms with Crippen molar-refractivity contribution in [3.8, 4) is 0 Å². The zero-order valence-corrected chi connectivity index (χ0v) is 7.82. The highest BCUT2D eigenvalue weighted by Gasteiger charge is 2.25. The average Bonchev–Trinajstić information content (AvgIpc) is 2.80. The molecule has 0 amide bonds. The van der Waals surface area contributed by atoms with E-state index in [0.29, 0.717) is 0 Å². The van der Waals surface area contributed by atoms with Crippen molar-refractivity contribution >= 4 is 5.71 Å². The molecule has 0 bridgehead atoms. The molecule has 2 aliphatic carbocycles. The standard InChI is InChI=1S/C11H17N/c1-8-3-2-4-11(12)10(8)7-9-5-6-9/h9,12H,2-7H2,1H3. The molecule has 0 aromatic heterocycles.